The molecule has 0 amide bonds. The Hall–Kier alpha value is -0.280. The van der Waals surface area contributed by atoms with Gasteiger partial charge >= 0.3 is 5.97 Å². The maximum atomic E-state index is 10.3. The van der Waals surface area contributed by atoms with Crippen LogP contribution in [0.2, 0.25) is 0 Å². The van der Waals surface area contributed by atoms with E-state index < -0.39 is 37.0 Å². The molecule has 7 nitrogen and oxygen atoms in total. The fourth-order valence-electron chi connectivity index (χ4n) is 2.57. The summed E-state index contributed by atoms with van der Waals surface area (Å²) in [5.41, 5.74) is 0. The molecule has 0 aromatic carbocycles. The summed E-state index contributed by atoms with van der Waals surface area (Å²) in [6.45, 7) is 4.05. The summed E-state index contributed by atoms with van der Waals surface area (Å²) >= 11 is 0. The van der Waals surface area contributed by atoms with E-state index in [1.807, 2.05) is 6.92 Å². The lowest BCUT2D eigenvalue weighted by Crippen LogP contribution is -2.48. The zero-order chi connectivity index (χ0) is 17.3. The van der Waals surface area contributed by atoms with Gasteiger partial charge in [0.2, 0.25) is 0 Å². The molecule has 1 fully saturated rings. The van der Waals surface area contributed by atoms with E-state index in [9.17, 15) is 15.3 Å². The molecule has 1 rings (SSSR count). The Morgan fingerprint density at radius 1 is 1.00 bits per heavy atom. The normalized spacial score (nSPS) is 32.3. The minimum atomic E-state index is -1.79. The molecule has 0 aromatic heterocycles. The van der Waals surface area contributed by atoms with E-state index in [1.54, 1.807) is 0 Å². The number of aliphatic hydroxyl groups is 4. The Morgan fingerprint density at radius 2 is 1.65 bits per heavy atom. The number of hydrogen-bond acceptors (Lipinski definition) is 7. The third kappa shape index (κ3) is 5.63. The minimum Gasteiger partial charge on any atom is -0.394 e. The zero-order valence-corrected chi connectivity index (χ0v) is 14.2. The van der Waals surface area contributed by atoms with Crippen molar-refractivity contribution in [3.63, 3.8) is 0 Å². The first kappa shape index (κ1) is 20.8. The smallest absolute Gasteiger partial charge is 0.313 e. The summed E-state index contributed by atoms with van der Waals surface area (Å²) in [4.78, 5) is 0. The van der Waals surface area contributed by atoms with Crippen LogP contribution in [0.25, 0.3) is 0 Å². The van der Waals surface area contributed by atoms with Crippen LogP contribution in [0.15, 0.2) is 0 Å². The Kier molecular flexibility index (Phi) is 9.53. The number of unbranched alkanes of at least 4 members (excludes halogenated alkanes) is 4. The Bertz CT molecular complexity index is 315. The Morgan fingerprint density at radius 3 is 2.26 bits per heavy atom. The fourth-order valence-corrected chi connectivity index (χ4v) is 2.57. The van der Waals surface area contributed by atoms with Crippen LogP contribution in [-0.2, 0) is 14.2 Å². The van der Waals surface area contributed by atoms with Crippen molar-refractivity contribution in [1.29, 1.82) is 0 Å². The van der Waals surface area contributed by atoms with Crippen LogP contribution < -0.4 is 0 Å². The SMILES string of the molecule is CCCCCCCO[C@@]1(OCCC)O[C@H]([C@H](O)CO)[C@H](O)[C@H]1O. The van der Waals surface area contributed by atoms with E-state index in [4.69, 9.17) is 19.3 Å². The minimum absolute atomic E-state index is 0.279. The first-order valence-electron chi connectivity index (χ1n) is 8.63. The molecule has 5 atom stereocenters. The highest BCUT2D eigenvalue weighted by atomic mass is 16.9. The molecule has 1 heterocycles. The largest absolute Gasteiger partial charge is 0.394 e. The summed E-state index contributed by atoms with van der Waals surface area (Å²) in [7, 11) is 0. The molecule has 0 aromatic rings. The fraction of sp³-hybridized carbons (Fsp3) is 1.00. The van der Waals surface area contributed by atoms with Gasteiger partial charge in [-0.2, -0.15) is 0 Å². The van der Waals surface area contributed by atoms with Crippen molar-refractivity contribution in [1.82, 2.24) is 0 Å². The maximum absolute atomic E-state index is 10.3. The van der Waals surface area contributed by atoms with Crippen molar-refractivity contribution >= 4 is 0 Å². The highest BCUT2D eigenvalue weighted by Gasteiger charge is 2.58. The molecule has 23 heavy (non-hydrogen) atoms. The van der Waals surface area contributed by atoms with Crippen molar-refractivity contribution in [2.45, 2.75) is 82.8 Å². The summed E-state index contributed by atoms with van der Waals surface area (Å²) in [6.07, 6.45) is 0.577. The van der Waals surface area contributed by atoms with Gasteiger partial charge in [0.1, 0.15) is 18.3 Å². The molecule has 1 aliphatic rings. The lowest BCUT2D eigenvalue weighted by atomic mass is 10.1. The molecular weight excluding hydrogens is 304 g/mol. The lowest BCUT2D eigenvalue weighted by molar-refractivity contribution is -0.398. The third-order valence-electron chi connectivity index (χ3n) is 3.95. The Balaban J connectivity index is 2.62. The van der Waals surface area contributed by atoms with Gasteiger partial charge in [-0.15, -0.1) is 0 Å². The van der Waals surface area contributed by atoms with E-state index >= 15 is 0 Å². The first-order chi connectivity index (χ1) is 11.0. The highest BCUT2D eigenvalue weighted by Crippen LogP contribution is 2.35. The first-order valence-corrected chi connectivity index (χ1v) is 8.63. The van der Waals surface area contributed by atoms with Crippen LogP contribution in [0.4, 0.5) is 0 Å². The molecule has 0 saturated carbocycles. The summed E-state index contributed by atoms with van der Waals surface area (Å²) in [5.74, 6) is -1.79. The predicted molar refractivity (Wildman–Crippen MR) is 83.7 cm³/mol. The number of ether oxygens (including phenoxy) is 3. The van der Waals surface area contributed by atoms with Gasteiger partial charge in [-0.25, -0.2) is 0 Å². The van der Waals surface area contributed by atoms with Gasteiger partial charge in [0.05, 0.1) is 19.8 Å². The average molecular weight is 336 g/mol. The van der Waals surface area contributed by atoms with E-state index in [2.05, 4.69) is 6.92 Å². The zero-order valence-electron chi connectivity index (χ0n) is 14.2. The van der Waals surface area contributed by atoms with Gasteiger partial charge in [-0.1, -0.05) is 39.5 Å². The van der Waals surface area contributed by atoms with Gasteiger partial charge in [0.15, 0.2) is 6.10 Å². The third-order valence-corrected chi connectivity index (χ3v) is 3.95. The van der Waals surface area contributed by atoms with Gasteiger partial charge < -0.3 is 34.6 Å². The van der Waals surface area contributed by atoms with Crippen LogP contribution in [-0.4, -0.2) is 70.6 Å². The second kappa shape index (κ2) is 10.6. The molecule has 4 N–H and O–H groups in total. The van der Waals surface area contributed by atoms with Crippen molar-refractivity contribution < 1.29 is 34.6 Å². The summed E-state index contributed by atoms with van der Waals surface area (Å²) in [5, 5.41) is 39.1. The molecule has 1 aliphatic heterocycles. The summed E-state index contributed by atoms with van der Waals surface area (Å²) in [6, 6.07) is 0. The van der Waals surface area contributed by atoms with Crippen LogP contribution in [0.5, 0.6) is 0 Å². The van der Waals surface area contributed by atoms with Gasteiger partial charge in [0.25, 0.3) is 0 Å². The molecule has 0 aliphatic carbocycles. The quantitative estimate of drug-likeness (QED) is 0.304. The average Bonchev–Trinajstić information content (AvgIpc) is 2.81. The molecule has 138 valence electrons. The topological polar surface area (TPSA) is 109 Å². The molecule has 7 heteroatoms. The molecule has 0 radical (unpaired) electrons. The second-order valence-electron chi connectivity index (χ2n) is 5.98. The predicted octanol–water partition coefficient (Wildman–Crippen LogP) is 0.528. The summed E-state index contributed by atoms with van der Waals surface area (Å²) < 4.78 is 16.7. The number of hydrogen-bond donors (Lipinski definition) is 4. The van der Waals surface area contributed by atoms with Crippen LogP contribution in [0.1, 0.15) is 52.4 Å². The molecule has 0 unspecified atom stereocenters. The molecule has 0 bridgehead atoms. The maximum Gasteiger partial charge on any atom is 0.313 e. The van der Waals surface area contributed by atoms with E-state index in [1.165, 1.54) is 6.42 Å². The Labute approximate surface area is 138 Å². The van der Waals surface area contributed by atoms with Crippen LogP contribution in [0.3, 0.4) is 0 Å². The second-order valence-corrected chi connectivity index (χ2v) is 5.98. The number of aliphatic hydroxyl groups excluding tert-OH is 4. The van der Waals surface area contributed by atoms with Gasteiger partial charge in [-0.3, -0.25) is 0 Å². The van der Waals surface area contributed by atoms with E-state index in [-0.39, 0.29) is 6.61 Å². The molecule has 1 saturated heterocycles. The van der Waals surface area contributed by atoms with E-state index in [0.717, 1.165) is 25.7 Å². The highest BCUT2D eigenvalue weighted by molar-refractivity contribution is 4.95. The molecule has 0 spiro atoms. The van der Waals surface area contributed by atoms with Gasteiger partial charge in [-0.05, 0) is 12.8 Å². The van der Waals surface area contributed by atoms with Crippen molar-refractivity contribution in [3.05, 3.63) is 0 Å². The van der Waals surface area contributed by atoms with Gasteiger partial charge in [0, 0.05) is 0 Å². The van der Waals surface area contributed by atoms with Crippen LogP contribution >= 0.6 is 0 Å². The standard InChI is InChI=1S/C16H32O7/c1-3-5-6-7-8-10-22-16(21-9-4-2)15(20)13(19)14(23-16)12(18)11-17/h12-15,17-20H,3-11H2,1-2H3/t12-,13+,14-,15-,16-/m1/s1. The number of rotatable bonds is 12. The van der Waals surface area contributed by atoms with Crippen molar-refractivity contribution in [2.75, 3.05) is 19.8 Å². The monoisotopic (exact) mass is 336 g/mol. The molecular formula is C16H32O7. The van der Waals surface area contributed by atoms with E-state index in [0.29, 0.717) is 13.0 Å². The lowest BCUT2D eigenvalue weighted by Gasteiger charge is -2.31. The van der Waals surface area contributed by atoms with Crippen LogP contribution in [0, 0.1) is 0 Å². The van der Waals surface area contributed by atoms with Crippen molar-refractivity contribution in [2.24, 2.45) is 0 Å². The van der Waals surface area contributed by atoms with Crippen molar-refractivity contribution in [3.8, 4) is 0 Å².